The third-order valence-corrected chi connectivity index (χ3v) is 6.49. The molecule has 3 heterocycles. The number of carbonyl (C=O) groups excluding carboxylic acids is 3. The highest BCUT2D eigenvalue weighted by molar-refractivity contribution is 6.23. The highest BCUT2D eigenvalue weighted by Gasteiger charge is 2.52. The second-order valence-corrected chi connectivity index (χ2v) is 8.79. The number of amides is 4. The second-order valence-electron chi connectivity index (χ2n) is 8.79. The molecule has 0 N–H and O–H groups in total. The van der Waals surface area contributed by atoms with Gasteiger partial charge in [0.25, 0.3) is 5.91 Å². The Labute approximate surface area is 186 Å². The zero-order chi connectivity index (χ0) is 22.6. The van der Waals surface area contributed by atoms with E-state index in [1.165, 1.54) is 11.8 Å². The van der Waals surface area contributed by atoms with Crippen molar-refractivity contribution in [3.05, 3.63) is 65.9 Å². The van der Waals surface area contributed by atoms with E-state index in [1.807, 2.05) is 36.4 Å². The van der Waals surface area contributed by atoms with Crippen LogP contribution in [0.5, 0.6) is 0 Å². The van der Waals surface area contributed by atoms with Crippen LogP contribution in [0.25, 0.3) is 10.9 Å². The van der Waals surface area contributed by atoms with Crippen LogP contribution in [0.2, 0.25) is 0 Å². The number of fused-ring (bicyclic) bond motifs is 2. The Bertz CT molecular complexity index is 1280. The zero-order valence-electron chi connectivity index (χ0n) is 18.3. The standard InChI is InChI=1S/C25H24N4O3/c1-16(30)27-13-11-17-8-9-19(14-22(17)27)29-23(31)25(2,3)28(24(29)32)15-18-10-12-26-21-7-5-4-6-20(18)21/h4-10,12,14H,11,13,15H2,1-3H3. The van der Waals surface area contributed by atoms with E-state index in [9.17, 15) is 14.4 Å². The molecule has 7 nitrogen and oxygen atoms in total. The summed E-state index contributed by atoms with van der Waals surface area (Å²) >= 11 is 0. The number of pyridine rings is 1. The Morgan fingerprint density at radius 3 is 2.66 bits per heavy atom. The third-order valence-electron chi connectivity index (χ3n) is 6.49. The number of urea groups is 1. The molecular formula is C25H24N4O3. The Morgan fingerprint density at radius 2 is 1.88 bits per heavy atom. The van der Waals surface area contributed by atoms with Gasteiger partial charge in [0.2, 0.25) is 5.91 Å². The van der Waals surface area contributed by atoms with E-state index in [0.29, 0.717) is 18.8 Å². The number of benzene rings is 2. The van der Waals surface area contributed by atoms with Crippen LogP contribution >= 0.6 is 0 Å². The number of nitrogens with zero attached hydrogens (tertiary/aromatic N) is 4. The molecular weight excluding hydrogens is 404 g/mol. The summed E-state index contributed by atoms with van der Waals surface area (Å²) in [6, 6.07) is 14.8. The first-order valence-electron chi connectivity index (χ1n) is 10.7. The van der Waals surface area contributed by atoms with Crippen LogP contribution in [-0.2, 0) is 22.6 Å². The summed E-state index contributed by atoms with van der Waals surface area (Å²) in [6.45, 7) is 5.97. The minimum absolute atomic E-state index is 0.0495. The predicted molar refractivity (Wildman–Crippen MR) is 122 cm³/mol. The fourth-order valence-corrected chi connectivity index (χ4v) is 4.63. The van der Waals surface area contributed by atoms with Gasteiger partial charge in [-0.3, -0.25) is 14.6 Å². The molecule has 1 aromatic heterocycles. The molecule has 32 heavy (non-hydrogen) atoms. The molecule has 2 aromatic carbocycles. The van der Waals surface area contributed by atoms with E-state index in [2.05, 4.69) is 4.98 Å². The summed E-state index contributed by atoms with van der Waals surface area (Å²) in [4.78, 5) is 47.8. The quantitative estimate of drug-likeness (QED) is 0.593. The molecule has 0 spiro atoms. The van der Waals surface area contributed by atoms with Gasteiger partial charge in [-0.1, -0.05) is 24.3 Å². The summed E-state index contributed by atoms with van der Waals surface area (Å²) in [6.07, 6.45) is 2.49. The summed E-state index contributed by atoms with van der Waals surface area (Å²) in [5, 5.41) is 0.958. The highest BCUT2D eigenvalue weighted by Crippen LogP contribution is 2.38. The fraction of sp³-hybridized carbons (Fsp3) is 0.280. The van der Waals surface area contributed by atoms with Crippen LogP contribution in [0.3, 0.4) is 0 Å². The SMILES string of the molecule is CC(=O)N1CCc2ccc(N3C(=O)N(Cc4ccnc5ccccc45)C(C)(C)C3=O)cc21. The van der Waals surface area contributed by atoms with Gasteiger partial charge in [0, 0.05) is 37.3 Å². The van der Waals surface area contributed by atoms with E-state index in [1.54, 1.807) is 42.0 Å². The molecule has 1 fully saturated rings. The molecule has 0 radical (unpaired) electrons. The topological polar surface area (TPSA) is 73.8 Å². The molecule has 0 saturated carbocycles. The van der Waals surface area contributed by atoms with Gasteiger partial charge in [0.15, 0.2) is 0 Å². The van der Waals surface area contributed by atoms with Crippen LogP contribution in [0.4, 0.5) is 16.2 Å². The number of anilines is 2. The maximum Gasteiger partial charge on any atom is 0.332 e. The van der Waals surface area contributed by atoms with Gasteiger partial charge >= 0.3 is 6.03 Å². The van der Waals surface area contributed by atoms with Gasteiger partial charge in [-0.25, -0.2) is 9.69 Å². The van der Waals surface area contributed by atoms with Crippen molar-refractivity contribution in [2.45, 2.75) is 39.3 Å². The molecule has 7 heteroatoms. The maximum absolute atomic E-state index is 13.5. The Kier molecular flexibility index (Phi) is 4.51. The zero-order valence-corrected chi connectivity index (χ0v) is 18.3. The van der Waals surface area contributed by atoms with E-state index in [4.69, 9.17) is 0 Å². The minimum atomic E-state index is -1.01. The number of hydrogen-bond donors (Lipinski definition) is 0. The highest BCUT2D eigenvalue weighted by atomic mass is 16.2. The molecule has 0 bridgehead atoms. The molecule has 1 saturated heterocycles. The lowest BCUT2D eigenvalue weighted by Gasteiger charge is -2.28. The van der Waals surface area contributed by atoms with Gasteiger partial charge in [-0.15, -0.1) is 0 Å². The Morgan fingerprint density at radius 1 is 1.09 bits per heavy atom. The van der Waals surface area contributed by atoms with Crippen molar-refractivity contribution in [2.24, 2.45) is 0 Å². The molecule has 0 unspecified atom stereocenters. The molecule has 0 atom stereocenters. The number of aromatic nitrogens is 1. The maximum atomic E-state index is 13.5. The summed E-state index contributed by atoms with van der Waals surface area (Å²) in [5.41, 5.74) is 3.07. The first kappa shape index (κ1) is 20.2. The van der Waals surface area contributed by atoms with E-state index < -0.39 is 5.54 Å². The summed E-state index contributed by atoms with van der Waals surface area (Å²) in [7, 11) is 0. The van der Waals surface area contributed by atoms with Crippen molar-refractivity contribution in [1.29, 1.82) is 0 Å². The largest absolute Gasteiger partial charge is 0.332 e. The van der Waals surface area contributed by atoms with Gasteiger partial charge in [-0.2, -0.15) is 0 Å². The first-order valence-corrected chi connectivity index (χ1v) is 10.7. The molecule has 162 valence electrons. The van der Waals surface area contributed by atoms with Crippen molar-refractivity contribution in [3.8, 4) is 0 Å². The van der Waals surface area contributed by atoms with Gasteiger partial charge in [0.1, 0.15) is 5.54 Å². The molecule has 2 aliphatic rings. The second kappa shape index (κ2) is 7.15. The number of hydrogen-bond acceptors (Lipinski definition) is 4. The minimum Gasteiger partial charge on any atom is -0.312 e. The normalized spacial score (nSPS) is 17.4. The van der Waals surface area contributed by atoms with Crippen molar-refractivity contribution < 1.29 is 14.4 Å². The molecule has 0 aliphatic carbocycles. The number of para-hydroxylation sites is 1. The Balaban J connectivity index is 1.52. The van der Waals surface area contributed by atoms with Crippen molar-refractivity contribution >= 4 is 40.1 Å². The van der Waals surface area contributed by atoms with Crippen molar-refractivity contribution in [2.75, 3.05) is 16.3 Å². The van der Waals surface area contributed by atoms with Crippen LogP contribution in [0.15, 0.2) is 54.7 Å². The van der Waals surface area contributed by atoms with E-state index in [-0.39, 0.29) is 17.8 Å². The smallest absolute Gasteiger partial charge is 0.312 e. The predicted octanol–water partition coefficient (Wildman–Crippen LogP) is 3.89. The average Bonchev–Trinajstić information content (AvgIpc) is 3.27. The van der Waals surface area contributed by atoms with Crippen LogP contribution in [0.1, 0.15) is 31.9 Å². The van der Waals surface area contributed by atoms with Gasteiger partial charge < -0.3 is 9.80 Å². The third kappa shape index (κ3) is 2.96. The summed E-state index contributed by atoms with van der Waals surface area (Å²) in [5.74, 6) is -0.334. The van der Waals surface area contributed by atoms with Crippen LogP contribution < -0.4 is 9.80 Å². The lowest BCUT2D eigenvalue weighted by Crippen LogP contribution is -2.43. The van der Waals surface area contributed by atoms with E-state index >= 15 is 0 Å². The number of rotatable bonds is 3. The summed E-state index contributed by atoms with van der Waals surface area (Å²) < 4.78 is 0. The van der Waals surface area contributed by atoms with Crippen LogP contribution in [0, 0.1) is 0 Å². The fourth-order valence-electron chi connectivity index (χ4n) is 4.63. The number of imide groups is 1. The van der Waals surface area contributed by atoms with Gasteiger partial charge in [0.05, 0.1) is 11.2 Å². The lowest BCUT2D eigenvalue weighted by molar-refractivity contribution is -0.123. The molecule has 2 aliphatic heterocycles. The van der Waals surface area contributed by atoms with E-state index in [0.717, 1.165) is 34.1 Å². The lowest BCUT2D eigenvalue weighted by atomic mass is 10.0. The van der Waals surface area contributed by atoms with Gasteiger partial charge in [-0.05, 0) is 55.7 Å². The van der Waals surface area contributed by atoms with Crippen molar-refractivity contribution in [3.63, 3.8) is 0 Å². The molecule has 5 rings (SSSR count). The van der Waals surface area contributed by atoms with Crippen LogP contribution in [-0.4, -0.2) is 39.8 Å². The Hall–Kier alpha value is -3.74. The average molecular weight is 428 g/mol. The monoisotopic (exact) mass is 428 g/mol. The molecule has 3 aromatic rings. The number of carbonyl (C=O) groups is 3. The first-order chi connectivity index (χ1) is 15.3. The molecule has 4 amide bonds. The van der Waals surface area contributed by atoms with Crippen molar-refractivity contribution in [1.82, 2.24) is 9.88 Å².